The maximum atomic E-state index is 12.0. The first kappa shape index (κ1) is 15.3. The van der Waals surface area contributed by atoms with Crippen molar-refractivity contribution in [1.82, 2.24) is 5.32 Å². The normalized spacial score (nSPS) is 12.3. The zero-order valence-corrected chi connectivity index (χ0v) is 12.1. The van der Waals surface area contributed by atoms with E-state index in [4.69, 9.17) is 4.74 Å². The second-order valence-corrected chi connectivity index (χ2v) is 5.23. The van der Waals surface area contributed by atoms with Crippen LogP contribution in [0.3, 0.4) is 0 Å². The Morgan fingerprint density at radius 2 is 2.00 bits per heavy atom. The van der Waals surface area contributed by atoms with Crippen LogP contribution in [-0.2, 0) is 0 Å². The maximum absolute atomic E-state index is 12.0. The lowest BCUT2D eigenvalue weighted by Gasteiger charge is -2.15. The highest BCUT2D eigenvalue weighted by Gasteiger charge is 2.12. The van der Waals surface area contributed by atoms with E-state index in [1.165, 1.54) is 13.2 Å². The average Bonchev–Trinajstić information content (AvgIpc) is 2.36. The number of benzene rings is 1. The molecule has 0 fully saturated rings. The minimum absolute atomic E-state index is 0.0232. The number of phenolic OH excluding ortho intramolecular Hbond substituents is 1. The molecular formula is C15H23NO3. The van der Waals surface area contributed by atoms with Crippen molar-refractivity contribution in [2.75, 3.05) is 7.11 Å². The van der Waals surface area contributed by atoms with Gasteiger partial charge in [0.15, 0.2) is 11.5 Å². The number of rotatable bonds is 6. The lowest BCUT2D eigenvalue weighted by atomic mass is 10.0. The summed E-state index contributed by atoms with van der Waals surface area (Å²) >= 11 is 0. The molecule has 1 aromatic rings. The lowest BCUT2D eigenvalue weighted by molar-refractivity contribution is 0.0936. The summed E-state index contributed by atoms with van der Waals surface area (Å²) < 4.78 is 4.94. The third-order valence-electron chi connectivity index (χ3n) is 3.00. The standard InChI is InChI=1S/C15H23NO3/c1-10(2)5-6-11(3)16-15(18)12-7-8-14(19-4)13(17)9-12/h7-11,17H,5-6H2,1-4H3,(H,16,18). The van der Waals surface area contributed by atoms with Crippen molar-refractivity contribution in [2.45, 2.75) is 39.7 Å². The van der Waals surface area contributed by atoms with Crippen LogP contribution in [-0.4, -0.2) is 24.2 Å². The van der Waals surface area contributed by atoms with Crippen LogP contribution in [0.4, 0.5) is 0 Å². The van der Waals surface area contributed by atoms with Crippen LogP contribution in [0.2, 0.25) is 0 Å². The fourth-order valence-corrected chi connectivity index (χ4v) is 1.79. The van der Waals surface area contributed by atoms with Crippen LogP contribution in [0, 0.1) is 5.92 Å². The van der Waals surface area contributed by atoms with Crippen LogP contribution in [0.15, 0.2) is 18.2 Å². The van der Waals surface area contributed by atoms with Gasteiger partial charge in [0.1, 0.15) is 0 Å². The van der Waals surface area contributed by atoms with Crippen LogP contribution in [0.1, 0.15) is 44.0 Å². The number of carbonyl (C=O) groups excluding carboxylic acids is 1. The van der Waals surface area contributed by atoms with Gasteiger partial charge in [0.25, 0.3) is 5.91 Å². The molecule has 1 amide bonds. The van der Waals surface area contributed by atoms with Crippen molar-refractivity contribution >= 4 is 5.91 Å². The Bertz CT molecular complexity index is 429. The molecule has 0 saturated heterocycles. The Balaban J connectivity index is 2.60. The maximum Gasteiger partial charge on any atom is 0.251 e. The Labute approximate surface area is 114 Å². The van der Waals surface area contributed by atoms with Crippen molar-refractivity contribution < 1.29 is 14.6 Å². The lowest BCUT2D eigenvalue weighted by Crippen LogP contribution is -2.32. The molecule has 4 heteroatoms. The van der Waals surface area contributed by atoms with Gasteiger partial charge >= 0.3 is 0 Å². The molecule has 2 N–H and O–H groups in total. The number of phenols is 1. The zero-order valence-electron chi connectivity index (χ0n) is 12.1. The van der Waals surface area contributed by atoms with E-state index in [2.05, 4.69) is 19.2 Å². The van der Waals surface area contributed by atoms with E-state index in [1.807, 2.05) is 6.92 Å². The second kappa shape index (κ2) is 7.02. The first-order chi connectivity index (χ1) is 8.93. The summed E-state index contributed by atoms with van der Waals surface area (Å²) in [5.41, 5.74) is 0.440. The van der Waals surface area contributed by atoms with Crippen molar-refractivity contribution in [3.05, 3.63) is 23.8 Å². The number of amides is 1. The molecule has 19 heavy (non-hydrogen) atoms. The highest BCUT2D eigenvalue weighted by Crippen LogP contribution is 2.26. The molecule has 4 nitrogen and oxygen atoms in total. The van der Waals surface area contributed by atoms with Crippen molar-refractivity contribution in [2.24, 2.45) is 5.92 Å². The molecule has 1 rings (SSSR count). The fourth-order valence-electron chi connectivity index (χ4n) is 1.79. The largest absolute Gasteiger partial charge is 0.504 e. The first-order valence-electron chi connectivity index (χ1n) is 6.62. The summed E-state index contributed by atoms with van der Waals surface area (Å²) in [6.07, 6.45) is 2.03. The molecule has 0 aliphatic carbocycles. The number of ether oxygens (including phenoxy) is 1. The van der Waals surface area contributed by atoms with E-state index in [0.29, 0.717) is 17.2 Å². The molecule has 0 aliphatic heterocycles. The van der Waals surface area contributed by atoms with Gasteiger partial charge in [-0.15, -0.1) is 0 Å². The highest BCUT2D eigenvalue weighted by molar-refractivity contribution is 5.95. The molecule has 0 heterocycles. The number of aromatic hydroxyl groups is 1. The number of nitrogens with one attached hydrogen (secondary N) is 1. The summed E-state index contributed by atoms with van der Waals surface area (Å²) in [5, 5.41) is 12.6. The van der Waals surface area contributed by atoms with Gasteiger partial charge in [-0.05, 0) is 43.9 Å². The van der Waals surface area contributed by atoms with Crippen LogP contribution < -0.4 is 10.1 Å². The van der Waals surface area contributed by atoms with Crippen LogP contribution >= 0.6 is 0 Å². The second-order valence-electron chi connectivity index (χ2n) is 5.23. The number of methoxy groups -OCH3 is 1. The number of carbonyl (C=O) groups is 1. The summed E-state index contributed by atoms with van der Waals surface area (Å²) in [6, 6.07) is 4.77. The van der Waals surface area contributed by atoms with Gasteiger partial charge in [0, 0.05) is 11.6 Å². The SMILES string of the molecule is COc1ccc(C(=O)NC(C)CCC(C)C)cc1O. The van der Waals surface area contributed by atoms with Gasteiger partial charge in [-0.2, -0.15) is 0 Å². The number of hydrogen-bond acceptors (Lipinski definition) is 3. The molecule has 0 saturated carbocycles. The third-order valence-corrected chi connectivity index (χ3v) is 3.00. The molecule has 0 bridgehead atoms. The van der Waals surface area contributed by atoms with Crippen molar-refractivity contribution in [3.63, 3.8) is 0 Å². The minimum atomic E-state index is -0.172. The quantitative estimate of drug-likeness (QED) is 0.831. The third kappa shape index (κ3) is 4.81. The predicted molar refractivity (Wildman–Crippen MR) is 75.7 cm³/mol. The Morgan fingerprint density at radius 3 is 2.53 bits per heavy atom. The van der Waals surface area contributed by atoms with Gasteiger partial charge in [-0.1, -0.05) is 13.8 Å². The fraction of sp³-hybridized carbons (Fsp3) is 0.533. The van der Waals surface area contributed by atoms with Gasteiger partial charge in [-0.3, -0.25) is 4.79 Å². The van der Waals surface area contributed by atoms with Crippen molar-refractivity contribution in [1.29, 1.82) is 0 Å². The molecule has 1 unspecified atom stereocenters. The summed E-state index contributed by atoms with van der Waals surface area (Å²) in [4.78, 5) is 12.0. The zero-order chi connectivity index (χ0) is 14.4. The Kier molecular flexibility index (Phi) is 5.67. The molecule has 0 aromatic heterocycles. The van der Waals surface area contributed by atoms with E-state index in [0.717, 1.165) is 12.8 Å². The molecule has 0 spiro atoms. The summed E-state index contributed by atoms with van der Waals surface area (Å²) in [5.74, 6) is 0.799. The van der Waals surface area contributed by atoms with Crippen molar-refractivity contribution in [3.8, 4) is 11.5 Å². The molecule has 0 aliphatic rings. The van der Waals surface area contributed by atoms with Gasteiger partial charge in [0.05, 0.1) is 7.11 Å². The Hall–Kier alpha value is -1.71. The van der Waals surface area contributed by atoms with Crippen LogP contribution in [0.5, 0.6) is 11.5 Å². The first-order valence-corrected chi connectivity index (χ1v) is 6.62. The number of hydrogen-bond donors (Lipinski definition) is 2. The average molecular weight is 265 g/mol. The highest BCUT2D eigenvalue weighted by atomic mass is 16.5. The van der Waals surface area contributed by atoms with E-state index in [9.17, 15) is 9.90 Å². The van der Waals surface area contributed by atoms with E-state index in [-0.39, 0.29) is 17.7 Å². The predicted octanol–water partition coefficient (Wildman–Crippen LogP) is 2.96. The molecular weight excluding hydrogens is 242 g/mol. The van der Waals surface area contributed by atoms with E-state index >= 15 is 0 Å². The monoisotopic (exact) mass is 265 g/mol. The minimum Gasteiger partial charge on any atom is -0.504 e. The summed E-state index contributed by atoms with van der Waals surface area (Å²) in [7, 11) is 1.47. The van der Waals surface area contributed by atoms with E-state index in [1.54, 1.807) is 12.1 Å². The van der Waals surface area contributed by atoms with Crippen LogP contribution in [0.25, 0.3) is 0 Å². The summed E-state index contributed by atoms with van der Waals surface area (Å²) in [6.45, 7) is 6.32. The van der Waals surface area contributed by atoms with Gasteiger partial charge in [0.2, 0.25) is 0 Å². The molecule has 106 valence electrons. The Morgan fingerprint density at radius 1 is 1.32 bits per heavy atom. The smallest absolute Gasteiger partial charge is 0.251 e. The van der Waals surface area contributed by atoms with Gasteiger partial charge in [-0.25, -0.2) is 0 Å². The molecule has 0 radical (unpaired) electrons. The van der Waals surface area contributed by atoms with Gasteiger partial charge < -0.3 is 15.2 Å². The topological polar surface area (TPSA) is 58.6 Å². The van der Waals surface area contributed by atoms with E-state index < -0.39 is 0 Å². The molecule has 1 atom stereocenters. The molecule has 1 aromatic carbocycles.